The van der Waals surface area contributed by atoms with Gasteiger partial charge in [-0.15, -0.1) is 0 Å². The highest BCUT2D eigenvalue weighted by molar-refractivity contribution is 9.10. The van der Waals surface area contributed by atoms with Crippen molar-refractivity contribution >= 4 is 26.0 Å². The highest BCUT2D eigenvalue weighted by Crippen LogP contribution is 2.21. The van der Waals surface area contributed by atoms with Gasteiger partial charge in [0.05, 0.1) is 10.6 Å². The summed E-state index contributed by atoms with van der Waals surface area (Å²) in [5, 5.41) is 4.37. The number of rotatable bonds is 6. The second kappa shape index (κ2) is 6.93. The van der Waals surface area contributed by atoms with E-state index in [0.717, 1.165) is 22.3 Å². The predicted molar refractivity (Wildman–Crippen MR) is 90.0 cm³/mol. The van der Waals surface area contributed by atoms with Gasteiger partial charge in [0, 0.05) is 35.9 Å². The molecular weight excluding hydrogens is 366 g/mol. The first-order chi connectivity index (χ1) is 10.4. The molecule has 0 amide bonds. The van der Waals surface area contributed by atoms with E-state index in [-0.39, 0.29) is 0 Å². The molecule has 0 saturated heterocycles. The molecule has 5 nitrogen and oxygen atoms in total. The van der Waals surface area contributed by atoms with Crippen molar-refractivity contribution in [2.45, 2.75) is 38.8 Å². The van der Waals surface area contributed by atoms with Gasteiger partial charge >= 0.3 is 0 Å². The summed E-state index contributed by atoms with van der Waals surface area (Å²) in [6.45, 7) is 7.27. The minimum absolute atomic E-state index is 0.304. The van der Waals surface area contributed by atoms with Crippen LogP contribution in [0.4, 0.5) is 0 Å². The minimum atomic E-state index is -3.50. The van der Waals surface area contributed by atoms with Crippen LogP contribution in [0.5, 0.6) is 0 Å². The van der Waals surface area contributed by atoms with E-state index in [1.165, 1.54) is 4.31 Å². The Morgan fingerprint density at radius 1 is 1.23 bits per heavy atom. The van der Waals surface area contributed by atoms with Crippen molar-refractivity contribution in [3.63, 3.8) is 0 Å². The van der Waals surface area contributed by atoms with Crippen molar-refractivity contribution in [2.75, 3.05) is 6.54 Å². The van der Waals surface area contributed by atoms with Crippen LogP contribution in [0.15, 0.2) is 39.8 Å². The van der Waals surface area contributed by atoms with E-state index in [1.54, 1.807) is 24.3 Å². The van der Waals surface area contributed by atoms with E-state index in [4.69, 9.17) is 0 Å². The van der Waals surface area contributed by atoms with Gasteiger partial charge in [0.25, 0.3) is 0 Å². The molecule has 1 heterocycles. The normalized spacial score (nSPS) is 12.0. The lowest BCUT2D eigenvalue weighted by atomic mass is 10.2. The van der Waals surface area contributed by atoms with Gasteiger partial charge < -0.3 is 0 Å². The second-order valence-corrected chi connectivity index (χ2v) is 7.83. The van der Waals surface area contributed by atoms with E-state index in [2.05, 4.69) is 21.0 Å². The number of sulfonamides is 1. The Hall–Kier alpha value is -1.18. The first-order valence-corrected chi connectivity index (χ1v) is 9.40. The lowest BCUT2D eigenvalue weighted by Gasteiger charge is -2.20. The molecule has 22 heavy (non-hydrogen) atoms. The zero-order valence-corrected chi connectivity index (χ0v) is 15.4. The monoisotopic (exact) mass is 385 g/mol. The van der Waals surface area contributed by atoms with Crippen LogP contribution in [-0.2, 0) is 23.1 Å². The maximum atomic E-state index is 12.8. The molecule has 2 rings (SSSR count). The van der Waals surface area contributed by atoms with E-state index < -0.39 is 10.0 Å². The zero-order valence-electron chi connectivity index (χ0n) is 13.0. The van der Waals surface area contributed by atoms with Gasteiger partial charge in [-0.3, -0.25) is 4.68 Å². The van der Waals surface area contributed by atoms with Gasteiger partial charge in [0.15, 0.2) is 0 Å². The number of nitrogens with zero attached hydrogens (tertiary/aromatic N) is 3. The number of benzene rings is 1. The molecule has 0 atom stereocenters. The molecule has 0 aliphatic rings. The lowest BCUT2D eigenvalue weighted by Crippen LogP contribution is -2.30. The fraction of sp³-hybridized carbons (Fsp3) is 0.400. The number of hydrogen-bond acceptors (Lipinski definition) is 3. The SMILES string of the molecule is CCN(Cc1cn(CC)nc1C)S(=O)(=O)c1ccc(Br)cc1. The molecule has 0 spiro atoms. The molecule has 0 aliphatic heterocycles. The Bertz CT molecular complexity index is 739. The maximum Gasteiger partial charge on any atom is 0.243 e. The molecule has 1 aromatic heterocycles. The average Bonchev–Trinajstić information content (AvgIpc) is 2.85. The van der Waals surface area contributed by atoms with Crippen molar-refractivity contribution in [1.82, 2.24) is 14.1 Å². The van der Waals surface area contributed by atoms with Crippen molar-refractivity contribution < 1.29 is 8.42 Å². The van der Waals surface area contributed by atoms with Crippen LogP contribution in [0.3, 0.4) is 0 Å². The molecule has 2 aromatic rings. The van der Waals surface area contributed by atoms with Gasteiger partial charge in [0.1, 0.15) is 0 Å². The van der Waals surface area contributed by atoms with Gasteiger partial charge in [0.2, 0.25) is 10.0 Å². The molecule has 7 heteroatoms. The van der Waals surface area contributed by atoms with Gasteiger partial charge in [-0.05, 0) is 38.1 Å². The maximum absolute atomic E-state index is 12.8. The van der Waals surface area contributed by atoms with Crippen molar-refractivity contribution in [3.8, 4) is 0 Å². The summed E-state index contributed by atoms with van der Waals surface area (Å²) in [5.41, 5.74) is 1.80. The molecule has 0 aliphatic carbocycles. The van der Waals surface area contributed by atoms with Crippen LogP contribution in [0, 0.1) is 6.92 Å². The number of aryl methyl sites for hydroxylation is 2. The molecular formula is C15H20BrN3O2S. The Kier molecular flexibility index (Phi) is 5.41. The van der Waals surface area contributed by atoms with E-state index in [1.807, 2.05) is 31.6 Å². The molecule has 0 radical (unpaired) electrons. The van der Waals surface area contributed by atoms with E-state index >= 15 is 0 Å². The fourth-order valence-electron chi connectivity index (χ4n) is 2.19. The van der Waals surface area contributed by atoms with Crippen LogP contribution in [-0.4, -0.2) is 29.0 Å². The highest BCUT2D eigenvalue weighted by atomic mass is 79.9. The van der Waals surface area contributed by atoms with Gasteiger partial charge in [-0.25, -0.2) is 8.42 Å². The summed E-state index contributed by atoms with van der Waals surface area (Å²) in [6, 6.07) is 6.71. The van der Waals surface area contributed by atoms with Crippen LogP contribution >= 0.6 is 15.9 Å². The number of hydrogen-bond donors (Lipinski definition) is 0. The topological polar surface area (TPSA) is 55.2 Å². The van der Waals surface area contributed by atoms with Crippen LogP contribution in [0.25, 0.3) is 0 Å². The molecule has 0 saturated carbocycles. The Labute approximate surface area is 140 Å². The summed E-state index contributed by atoms with van der Waals surface area (Å²) >= 11 is 3.32. The summed E-state index contributed by atoms with van der Waals surface area (Å²) in [7, 11) is -3.50. The Morgan fingerprint density at radius 3 is 2.36 bits per heavy atom. The third-order valence-electron chi connectivity index (χ3n) is 3.52. The zero-order chi connectivity index (χ0) is 16.3. The molecule has 0 fully saturated rings. The number of halogens is 1. The van der Waals surface area contributed by atoms with E-state index in [0.29, 0.717) is 18.0 Å². The average molecular weight is 386 g/mol. The van der Waals surface area contributed by atoms with Gasteiger partial charge in [-0.2, -0.15) is 9.40 Å². The summed E-state index contributed by atoms with van der Waals surface area (Å²) in [4.78, 5) is 0.304. The third-order valence-corrected chi connectivity index (χ3v) is 5.99. The molecule has 1 aromatic carbocycles. The first-order valence-electron chi connectivity index (χ1n) is 7.17. The molecule has 0 N–H and O–H groups in total. The van der Waals surface area contributed by atoms with Crippen LogP contribution < -0.4 is 0 Å². The first kappa shape index (κ1) is 17.2. The molecule has 0 unspecified atom stereocenters. The number of aromatic nitrogens is 2. The van der Waals surface area contributed by atoms with Crippen LogP contribution in [0.1, 0.15) is 25.1 Å². The fourth-order valence-corrected chi connectivity index (χ4v) is 3.88. The standard InChI is InChI=1S/C15H20BrN3O2S/c1-4-18-10-13(12(3)17-18)11-19(5-2)22(20,21)15-8-6-14(16)7-9-15/h6-10H,4-5,11H2,1-3H3. The van der Waals surface area contributed by atoms with Crippen molar-refractivity contribution in [1.29, 1.82) is 0 Å². The lowest BCUT2D eigenvalue weighted by molar-refractivity contribution is 0.422. The molecule has 0 bridgehead atoms. The quantitative estimate of drug-likeness (QED) is 0.766. The van der Waals surface area contributed by atoms with Crippen LogP contribution in [0.2, 0.25) is 0 Å². The minimum Gasteiger partial charge on any atom is -0.272 e. The summed E-state index contributed by atoms with van der Waals surface area (Å²) < 4.78 is 29.7. The van der Waals surface area contributed by atoms with E-state index in [9.17, 15) is 8.42 Å². The van der Waals surface area contributed by atoms with Crippen molar-refractivity contribution in [2.24, 2.45) is 0 Å². The Balaban J connectivity index is 2.30. The van der Waals surface area contributed by atoms with Gasteiger partial charge in [-0.1, -0.05) is 22.9 Å². The summed E-state index contributed by atoms with van der Waals surface area (Å²) in [6.07, 6.45) is 1.91. The molecule has 120 valence electrons. The largest absolute Gasteiger partial charge is 0.272 e. The highest BCUT2D eigenvalue weighted by Gasteiger charge is 2.24. The predicted octanol–water partition coefficient (Wildman–Crippen LogP) is 3.18. The Morgan fingerprint density at radius 2 is 1.86 bits per heavy atom. The smallest absolute Gasteiger partial charge is 0.243 e. The van der Waals surface area contributed by atoms with Crippen molar-refractivity contribution in [3.05, 3.63) is 46.2 Å². The second-order valence-electron chi connectivity index (χ2n) is 4.98. The summed E-state index contributed by atoms with van der Waals surface area (Å²) in [5.74, 6) is 0. The third kappa shape index (κ3) is 3.59.